The molecule has 2 aliphatic heterocycles. The Morgan fingerprint density at radius 1 is 1.05 bits per heavy atom. The van der Waals surface area contributed by atoms with E-state index in [0.717, 1.165) is 48.4 Å². The lowest BCUT2D eigenvalue weighted by Gasteiger charge is -2.34. The highest BCUT2D eigenvalue weighted by Gasteiger charge is 2.21. The zero-order chi connectivity index (χ0) is 27.5. The number of aromatic amines is 1. The fourth-order valence-corrected chi connectivity index (χ4v) is 4.80. The first-order valence-electron chi connectivity index (χ1n) is 13.2. The van der Waals surface area contributed by atoms with Crippen molar-refractivity contribution in [2.75, 3.05) is 43.4 Å². The molecular weight excluding hydrogens is 504 g/mol. The molecule has 40 heavy (non-hydrogen) atoms. The van der Waals surface area contributed by atoms with Gasteiger partial charge in [-0.3, -0.25) is 14.9 Å². The molecular formula is C30H30N8O2. The number of amides is 2. The molecule has 0 radical (unpaired) electrons. The highest BCUT2D eigenvalue weighted by atomic mass is 16.2. The van der Waals surface area contributed by atoms with Crippen LogP contribution in [0.5, 0.6) is 0 Å². The summed E-state index contributed by atoms with van der Waals surface area (Å²) < 4.78 is 0. The molecule has 0 spiro atoms. The van der Waals surface area contributed by atoms with Crippen molar-refractivity contribution in [1.82, 2.24) is 25.5 Å². The van der Waals surface area contributed by atoms with Crippen LogP contribution in [-0.4, -0.2) is 65.9 Å². The van der Waals surface area contributed by atoms with Crippen LogP contribution in [0.4, 0.5) is 11.4 Å². The second-order valence-electron chi connectivity index (χ2n) is 9.94. The van der Waals surface area contributed by atoms with E-state index in [2.05, 4.69) is 47.8 Å². The van der Waals surface area contributed by atoms with E-state index in [1.165, 1.54) is 0 Å². The van der Waals surface area contributed by atoms with Gasteiger partial charge in [-0.25, -0.2) is 9.98 Å². The maximum absolute atomic E-state index is 13.1. The van der Waals surface area contributed by atoms with E-state index in [0.29, 0.717) is 29.4 Å². The highest BCUT2D eigenvalue weighted by molar-refractivity contribution is 6.14. The maximum Gasteiger partial charge on any atom is 0.276 e. The Kier molecular flexibility index (Phi) is 6.98. The van der Waals surface area contributed by atoms with Gasteiger partial charge in [0.25, 0.3) is 11.8 Å². The van der Waals surface area contributed by atoms with E-state index in [1.54, 1.807) is 18.5 Å². The third kappa shape index (κ3) is 5.57. The summed E-state index contributed by atoms with van der Waals surface area (Å²) in [6.07, 6.45) is 5.09. The number of hydrogen-bond acceptors (Lipinski definition) is 7. The van der Waals surface area contributed by atoms with E-state index in [4.69, 9.17) is 0 Å². The van der Waals surface area contributed by atoms with Gasteiger partial charge in [-0.05, 0) is 43.0 Å². The lowest BCUT2D eigenvalue weighted by Crippen LogP contribution is -2.44. The van der Waals surface area contributed by atoms with E-state index in [1.807, 2.05) is 60.7 Å². The van der Waals surface area contributed by atoms with Gasteiger partial charge in [0.1, 0.15) is 11.3 Å². The van der Waals surface area contributed by atoms with Crippen molar-refractivity contribution < 1.29 is 9.59 Å². The monoisotopic (exact) mass is 534 g/mol. The number of carbonyl (C=O) groups is 2. The minimum Gasteiger partial charge on any atom is -0.369 e. The SMILES string of the molecule is CN1CCN(c2cccc(C(=O)Nc3cnc4[nH]cc(/C=C5/N=C(NCc6ccccc6)NC5=O)c4c3)c2)CC1. The molecule has 2 aromatic carbocycles. The maximum atomic E-state index is 13.1. The number of benzene rings is 2. The number of piperazine rings is 1. The topological polar surface area (TPSA) is 118 Å². The second-order valence-corrected chi connectivity index (χ2v) is 9.94. The van der Waals surface area contributed by atoms with E-state index >= 15 is 0 Å². The Labute approximate surface area is 231 Å². The number of carbonyl (C=O) groups excluding carboxylic acids is 2. The van der Waals surface area contributed by atoms with E-state index in [-0.39, 0.29) is 17.5 Å². The first kappa shape index (κ1) is 25.3. The number of rotatable bonds is 6. The fraction of sp³-hybridized carbons (Fsp3) is 0.200. The number of H-pyrrole nitrogens is 1. The summed E-state index contributed by atoms with van der Waals surface area (Å²) in [4.78, 5) is 42.3. The Hall–Kier alpha value is -4.96. The number of anilines is 2. The van der Waals surface area contributed by atoms with Gasteiger partial charge in [0.2, 0.25) is 5.96 Å². The molecule has 0 bridgehead atoms. The Morgan fingerprint density at radius 2 is 1.88 bits per heavy atom. The largest absolute Gasteiger partial charge is 0.369 e. The zero-order valence-corrected chi connectivity index (χ0v) is 22.1. The molecule has 1 fully saturated rings. The van der Waals surface area contributed by atoms with Crippen molar-refractivity contribution in [1.29, 1.82) is 0 Å². The van der Waals surface area contributed by atoms with Gasteiger partial charge in [0.05, 0.1) is 11.9 Å². The van der Waals surface area contributed by atoms with Gasteiger partial charge in [-0.1, -0.05) is 36.4 Å². The van der Waals surface area contributed by atoms with Gasteiger partial charge in [-0.2, -0.15) is 0 Å². The number of likely N-dealkylation sites (N-methyl/N-ethyl adjacent to an activating group) is 1. The molecule has 4 heterocycles. The molecule has 2 aromatic heterocycles. The van der Waals surface area contributed by atoms with Gasteiger partial charge < -0.3 is 25.4 Å². The first-order valence-corrected chi connectivity index (χ1v) is 13.2. The standard InChI is InChI=1S/C30H30N8O2/c1-37-10-12-38(13-11-37)24-9-5-8-21(14-24)28(39)34-23-16-25-22(18-31-27(25)32-19-23)15-26-29(40)36-30(35-26)33-17-20-6-3-2-4-7-20/h2-9,14-16,18-19H,10-13,17H2,1H3,(H,31,32)(H,34,39)(H2,33,35,36,40)/b26-15+. The highest BCUT2D eigenvalue weighted by Crippen LogP contribution is 2.24. The van der Waals surface area contributed by atoms with Crippen molar-refractivity contribution in [3.05, 3.63) is 95.4 Å². The minimum atomic E-state index is -0.289. The smallest absolute Gasteiger partial charge is 0.276 e. The predicted molar refractivity (Wildman–Crippen MR) is 157 cm³/mol. The summed E-state index contributed by atoms with van der Waals surface area (Å²) in [6.45, 7) is 4.40. The van der Waals surface area contributed by atoms with Crippen LogP contribution >= 0.6 is 0 Å². The van der Waals surface area contributed by atoms with E-state index < -0.39 is 0 Å². The Bertz CT molecular complexity index is 1620. The molecule has 6 rings (SSSR count). The van der Waals surface area contributed by atoms with Gasteiger partial charge in [0.15, 0.2) is 0 Å². The van der Waals surface area contributed by atoms with Gasteiger partial charge in [0, 0.05) is 61.1 Å². The Balaban J connectivity index is 1.17. The third-order valence-corrected chi connectivity index (χ3v) is 7.09. The van der Waals surface area contributed by atoms with Crippen LogP contribution in [0.25, 0.3) is 17.1 Å². The number of aromatic nitrogens is 2. The number of guanidine groups is 1. The van der Waals surface area contributed by atoms with Crippen LogP contribution in [0.15, 0.2) is 83.7 Å². The number of fused-ring (bicyclic) bond motifs is 1. The summed E-state index contributed by atoms with van der Waals surface area (Å²) in [6, 6.07) is 19.4. The average Bonchev–Trinajstić information content (AvgIpc) is 3.55. The average molecular weight is 535 g/mol. The van der Waals surface area contributed by atoms with Gasteiger partial charge >= 0.3 is 0 Å². The van der Waals surface area contributed by atoms with Gasteiger partial charge in [-0.15, -0.1) is 0 Å². The number of aliphatic imine (C=N–C) groups is 1. The molecule has 2 amide bonds. The predicted octanol–water partition coefficient (Wildman–Crippen LogP) is 3.18. The third-order valence-electron chi connectivity index (χ3n) is 7.09. The molecule has 10 heteroatoms. The fourth-order valence-electron chi connectivity index (χ4n) is 4.80. The van der Waals surface area contributed by atoms with Crippen LogP contribution < -0.4 is 20.9 Å². The van der Waals surface area contributed by atoms with Crippen molar-refractivity contribution in [3.63, 3.8) is 0 Å². The van der Waals surface area contributed by atoms with Crippen molar-refractivity contribution >= 4 is 46.3 Å². The van der Waals surface area contributed by atoms with Crippen molar-refractivity contribution in [2.24, 2.45) is 4.99 Å². The van der Waals surface area contributed by atoms with Crippen LogP contribution in [0.3, 0.4) is 0 Å². The summed E-state index contributed by atoms with van der Waals surface area (Å²) in [7, 11) is 2.12. The van der Waals surface area contributed by atoms with Crippen molar-refractivity contribution in [2.45, 2.75) is 6.54 Å². The molecule has 10 nitrogen and oxygen atoms in total. The number of pyridine rings is 1. The normalized spacial score (nSPS) is 16.7. The lowest BCUT2D eigenvalue weighted by molar-refractivity contribution is -0.115. The number of nitrogens with one attached hydrogen (secondary N) is 4. The van der Waals surface area contributed by atoms with E-state index in [9.17, 15) is 9.59 Å². The molecule has 0 atom stereocenters. The quantitative estimate of drug-likeness (QED) is 0.282. The zero-order valence-electron chi connectivity index (χ0n) is 22.1. The summed E-state index contributed by atoms with van der Waals surface area (Å²) >= 11 is 0. The molecule has 4 aromatic rings. The van der Waals surface area contributed by atoms with Crippen molar-refractivity contribution in [3.8, 4) is 0 Å². The summed E-state index contributed by atoms with van der Waals surface area (Å²) in [5, 5.41) is 9.65. The summed E-state index contributed by atoms with van der Waals surface area (Å²) in [5.74, 6) is -0.0890. The molecule has 202 valence electrons. The Morgan fingerprint density at radius 3 is 2.70 bits per heavy atom. The summed E-state index contributed by atoms with van der Waals surface area (Å²) in [5.41, 5.74) is 4.95. The van der Waals surface area contributed by atoms with Crippen LogP contribution in [0, 0.1) is 0 Å². The number of hydrogen-bond donors (Lipinski definition) is 4. The molecule has 2 aliphatic rings. The molecule has 0 unspecified atom stereocenters. The van der Waals surface area contributed by atoms with Crippen LogP contribution in [0.2, 0.25) is 0 Å². The first-order chi connectivity index (χ1) is 19.5. The minimum absolute atomic E-state index is 0.207. The number of nitrogens with zero attached hydrogens (tertiary/aromatic N) is 4. The van der Waals surface area contributed by atoms with Crippen LogP contribution in [-0.2, 0) is 11.3 Å². The second kappa shape index (κ2) is 11.0. The molecule has 4 N–H and O–H groups in total. The molecule has 1 saturated heterocycles. The lowest BCUT2D eigenvalue weighted by atomic mass is 10.1. The molecule has 0 saturated carbocycles. The van der Waals surface area contributed by atoms with Crippen LogP contribution in [0.1, 0.15) is 21.5 Å². The molecule has 0 aliphatic carbocycles.